The van der Waals surface area contributed by atoms with Crippen molar-refractivity contribution in [3.05, 3.63) is 54.2 Å². The van der Waals surface area contributed by atoms with Crippen molar-refractivity contribution in [3.63, 3.8) is 0 Å². The van der Waals surface area contributed by atoms with Gasteiger partial charge in [0.05, 0.1) is 29.1 Å². The summed E-state index contributed by atoms with van der Waals surface area (Å²) in [7, 11) is 1.99. The van der Waals surface area contributed by atoms with Gasteiger partial charge in [0.1, 0.15) is 0 Å². The first-order valence-electron chi connectivity index (χ1n) is 7.20. The van der Waals surface area contributed by atoms with Crippen LogP contribution in [0.25, 0.3) is 10.9 Å². The summed E-state index contributed by atoms with van der Waals surface area (Å²) in [5.41, 5.74) is 10.2. The number of aryl methyl sites for hydroxylation is 1. The number of fused-ring (bicyclic) bond motifs is 1. The molecule has 0 bridgehead atoms. The highest BCUT2D eigenvalue weighted by Crippen LogP contribution is 2.26. The van der Waals surface area contributed by atoms with Gasteiger partial charge in [-0.1, -0.05) is 30.3 Å². The summed E-state index contributed by atoms with van der Waals surface area (Å²) in [4.78, 5) is 2.25. The fourth-order valence-corrected chi connectivity index (χ4v) is 2.73. The van der Waals surface area contributed by atoms with Crippen LogP contribution in [-0.4, -0.2) is 16.3 Å². The Morgan fingerprint density at radius 3 is 2.57 bits per heavy atom. The number of nitrogen functional groups attached to an aromatic ring is 1. The lowest BCUT2D eigenvalue weighted by Crippen LogP contribution is -2.23. The van der Waals surface area contributed by atoms with E-state index in [4.69, 9.17) is 5.73 Å². The average Bonchev–Trinajstić information content (AvgIpc) is 2.82. The summed E-state index contributed by atoms with van der Waals surface area (Å²) in [6, 6.07) is 16.3. The van der Waals surface area contributed by atoms with Crippen molar-refractivity contribution in [2.45, 2.75) is 13.5 Å². The molecule has 4 heteroatoms. The maximum atomic E-state index is 6.10. The van der Waals surface area contributed by atoms with Gasteiger partial charge in [-0.15, -0.1) is 0 Å². The first-order chi connectivity index (χ1) is 10.2. The molecule has 0 aliphatic heterocycles. The summed E-state index contributed by atoms with van der Waals surface area (Å²) < 4.78 is 1.94. The molecule has 1 aromatic heterocycles. The van der Waals surface area contributed by atoms with Crippen molar-refractivity contribution in [2.75, 3.05) is 17.2 Å². The van der Waals surface area contributed by atoms with E-state index in [1.165, 1.54) is 5.39 Å². The highest BCUT2D eigenvalue weighted by Gasteiger charge is 2.13. The topological polar surface area (TPSA) is 47.1 Å². The number of nitrogens with two attached hydrogens (primary N) is 1. The molecule has 0 atom stereocenters. The standard InChI is InChI=1S/C17H20N4/c1-3-21(17-11-7-5-9-14(17)18)12-15-13-8-4-6-10-16(13)20(2)19-15/h4-11H,3,12,18H2,1-2H3. The van der Waals surface area contributed by atoms with Crippen LogP contribution in [0.1, 0.15) is 12.6 Å². The van der Waals surface area contributed by atoms with Crippen LogP contribution in [0.2, 0.25) is 0 Å². The second kappa shape index (κ2) is 5.48. The van der Waals surface area contributed by atoms with Crippen molar-refractivity contribution in [2.24, 2.45) is 7.05 Å². The van der Waals surface area contributed by atoms with E-state index >= 15 is 0 Å². The summed E-state index contributed by atoms with van der Waals surface area (Å²) in [6.45, 7) is 3.78. The van der Waals surface area contributed by atoms with Crippen molar-refractivity contribution in [1.82, 2.24) is 9.78 Å². The zero-order chi connectivity index (χ0) is 14.8. The number of anilines is 2. The molecule has 0 saturated carbocycles. The molecular formula is C17H20N4. The van der Waals surface area contributed by atoms with E-state index in [0.717, 1.165) is 35.7 Å². The van der Waals surface area contributed by atoms with E-state index < -0.39 is 0 Å². The molecule has 0 radical (unpaired) electrons. The van der Waals surface area contributed by atoms with Crippen molar-refractivity contribution in [1.29, 1.82) is 0 Å². The van der Waals surface area contributed by atoms with Crippen LogP contribution in [0.15, 0.2) is 48.5 Å². The minimum Gasteiger partial charge on any atom is -0.397 e. The van der Waals surface area contributed by atoms with E-state index in [-0.39, 0.29) is 0 Å². The molecule has 2 N–H and O–H groups in total. The molecule has 0 aliphatic rings. The van der Waals surface area contributed by atoms with Crippen molar-refractivity contribution < 1.29 is 0 Å². The third-order valence-electron chi connectivity index (χ3n) is 3.83. The molecule has 4 nitrogen and oxygen atoms in total. The van der Waals surface area contributed by atoms with Gasteiger partial charge in [-0.3, -0.25) is 4.68 Å². The van der Waals surface area contributed by atoms with Gasteiger partial charge in [-0.2, -0.15) is 5.10 Å². The number of aromatic nitrogens is 2. The van der Waals surface area contributed by atoms with Crippen LogP contribution in [0.5, 0.6) is 0 Å². The molecule has 3 rings (SSSR count). The van der Waals surface area contributed by atoms with Crippen LogP contribution in [0, 0.1) is 0 Å². The highest BCUT2D eigenvalue weighted by atomic mass is 15.3. The Labute approximate surface area is 124 Å². The Bertz CT molecular complexity index is 760. The number of hydrogen-bond acceptors (Lipinski definition) is 3. The molecule has 3 aromatic rings. The summed E-state index contributed by atoms with van der Waals surface area (Å²) >= 11 is 0. The van der Waals surface area contributed by atoms with Crippen LogP contribution in [0.3, 0.4) is 0 Å². The molecule has 0 saturated heterocycles. The molecule has 0 spiro atoms. The normalized spacial score (nSPS) is 11.0. The van der Waals surface area contributed by atoms with Crippen LogP contribution in [-0.2, 0) is 13.6 Å². The van der Waals surface area contributed by atoms with Crippen LogP contribution < -0.4 is 10.6 Å². The second-order valence-corrected chi connectivity index (χ2v) is 5.16. The summed E-state index contributed by atoms with van der Waals surface area (Å²) in [6.07, 6.45) is 0. The molecule has 1 heterocycles. The van der Waals surface area contributed by atoms with E-state index in [9.17, 15) is 0 Å². The smallest absolute Gasteiger partial charge is 0.0896 e. The number of rotatable bonds is 4. The summed E-state index contributed by atoms with van der Waals surface area (Å²) in [5.74, 6) is 0. The van der Waals surface area contributed by atoms with Crippen molar-refractivity contribution >= 4 is 22.3 Å². The largest absolute Gasteiger partial charge is 0.397 e. The fraction of sp³-hybridized carbons (Fsp3) is 0.235. The number of benzene rings is 2. The number of para-hydroxylation sites is 3. The third kappa shape index (κ3) is 2.44. The summed E-state index contributed by atoms with van der Waals surface area (Å²) in [5, 5.41) is 5.87. The van der Waals surface area contributed by atoms with E-state index in [1.807, 2.05) is 36.0 Å². The monoisotopic (exact) mass is 280 g/mol. The fourth-order valence-electron chi connectivity index (χ4n) is 2.73. The van der Waals surface area contributed by atoms with Gasteiger partial charge in [0.25, 0.3) is 0 Å². The van der Waals surface area contributed by atoms with Gasteiger partial charge < -0.3 is 10.6 Å². The Morgan fingerprint density at radius 1 is 1.10 bits per heavy atom. The lowest BCUT2D eigenvalue weighted by Gasteiger charge is -2.23. The van der Waals surface area contributed by atoms with Gasteiger partial charge in [-0.05, 0) is 25.1 Å². The zero-order valence-corrected chi connectivity index (χ0v) is 12.5. The lowest BCUT2D eigenvalue weighted by molar-refractivity contribution is 0.739. The molecular weight excluding hydrogens is 260 g/mol. The molecule has 0 fully saturated rings. The van der Waals surface area contributed by atoms with Gasteiger partial charge in [0.15, 0.2) is 0 Å². The van der Waals surface area contributed by atoms with Gasteiger partial charge in [0, 0.05) is 19.0 Å². The first-order valence-corrected chi connectivity index (χ1v) is 7.20. The van der Waals surface area contributed by atoms with E-state index in [1.54, 1.807) is 0 Å². The van der Waals surface area contributed by atoms with Gasteiger partial charge >= 0.3 is 0 Å². The predicted molar refractivity (Wildman–Crippen MR) is 88.3 cm³/mol. The molecule has 0 amide bonds. The maximum absolute atomic E-state index is 6.10. The van der Waals surface area contributed by atoms with Gasteiger partial charge in [-0.25, -0.2) is 0 Å². The Balaban J connectivity index is 1.99. The molecule has 21 heavy (non-hydrogen) atoms. The first kappa shape index (κ1) is 13.5. The van der Waals surface area contributed by atoms with Crippen LogP contribution in [0.4, 0.5) is 11.4 Å². The third-order valence-corrected chi connectivity index (χ3v) is 3.83. The van der Waals surface area contributed by atoms with E-state index in [0.29, 0.717) is 0 Å². The Hall–Kier alpha value is -2.49. The second-order valence-electron chi connectivity index (χ2n) is 5.16. The maximum Gasteiger partial charge on any atom is 0.0896 e. The average molecular weight is 280 g/mol. The number of hydrogen-bond donors (Lipinski definition) is 1. The highest BCUT2D eigenvalue weighted by molar-refractivity contribution is 5.82. The molecule has 0 unspecified atom stereocenters. The van der Waals surface area contributed by atoms with E-state index in [2.05, 4.69) is 41.2 Å². The minimum absolute atomic E-state index is 0.756. The predicted octanol–water partition coefficient (Wildman–Crippen LogP) is 3.18. The molecule has 2 aromatic carbocycles. The zero-order valence-electron chi connectivity index (χ0n) is 12.5. The van der Waals surface area contributed by atoms with Crippen LogP contribution >= 0.6 is 0 Å². The number of nitrogens with zero attached hydrogens (tertiary/aromatic N) is 3. The molecule has 0 aliphatic carbocycles. The SMILES string of the molecule is CCN(Cc1nn(C)c2ccccc12)c1ccccc1N. The minimum atomic E-state index is 0.756. The van der Waals surface area contributed by atoms with Crippen molar-refractivity contribution in [3.8, 4) is 0 Å². The quantitative estimate of drug-likeness (QED) is 0.747. The Kier molecular flexibility index (Phi) is 3.52. The Morgan fingerprint density at radius 2 is 1.81 bits per heavy atom. The molecule has 108 valence electrons. The van der Waals surface area contributed by atoms with Gasteiger partial charge in [0.2, 0.25) is 0 Å². The lowest BCUT2D eigenvalue weighted by atomic mass is 10.2.